The molecule has 0 saturated heterocycles. The van der Waals surface area contributed by atoms with E-state index in [-0.39, 0.29) is 48.0 Å². The Hall–Kier alpha value is -3.89. The topological polar surface area (TPSA) is 86.5 Å². The van der Waals surface area contributed by atoms with Crippen LogP contribution in [0.2, 0.25) is 0 Å². The maximum atomic E-state index is 14.0. The van der Waals surface area contributed by atoms with E-state index in [0.29, 0.717) is 28.5 Å². The third kappa shape index (κ3) is 5.55. The van der Waals surface area contributed by atoms with Crippen LogP contribution in [0.3, 0.4) is 0 Å². The number of carbonyl (C=O) groups is 1. The highest BCUT2D eigenvalue weighted by atomic mass is 32.1. The van der Waals surface area contributed by atoms with Gasteiger partial charge in [-0.2, -0.15) is 0 Å². The molecule has 1 amide bonds. The van der Waals surface area contributed by atoms with Gasteiger partial charge in [-0.3, -0.25) is 9.59 Å². The molecule has 0 bridgehead atoms. The van der Waals surface area contributed by atoms with Gasteiger partial charge in [0.25, 0.3) is 5.91 Å². The molecule has 2 aromatic heterocycles. The molecule has 0 saturated carbocycles. The lowest BCUT2D eigenvalue weighted by molar-refractivity contribution is 0.0271. The number of rotatable bonds is 9. The standard InChI is InChI=1S/C30H31FN4O4S/c1-18(2)34-16-24(19(3)38-4)35-15-23(29-33-32-25(40-29)14-20-10-12-22(31)13-11-20)27(36)28(26(35)30(34)37)39-17-21-8-6-5-7-9-21/h5-13,15,18-19,24H,14,16-17H2,1-4H3/t19-,24-/m1/s1. The summed E-state index contributed by atoms with van der Waals surface area (Å²) < 4.78 is 27.0. The van der Waals surface area contributed by atoms with Crippen molar-refractivity contribution >= 4 is 17.2 Å². The van der Waals surface area contributed by atoms with Crippen LogP contribution in [0.5, 0.6) is 5.75 Å². The third-order valence-electron chi connectivity index (χ3n) is 7.13. The number of hydrogen-bond donors (Lipinski definition) is 0. The first kappa shape index (κ1) is 27.7. The first-order valence-electron chi connectivity index (χ1n) is 13.1. The molecule has 8 nitrogen and oxygen atoms in total. The van der Waals surface area contributed by atoms with Crippen molar-refractivity contribution in [3.8, 4) is 16.3 Å². The third-order valence-corrected chi connectivity index (χ3v) is 8.08. The van der Waals surface area contributed by atoms with Gasteiger partial charge in [-0.1, -0.05) is 53.8 Å². The number of halogens is 1. The Morgan fingerprint density at radius 2 is 1.75 bits per heavy atom. The van der Waals surface area contributed by atoms with E-state index < -0.39 is 5.43 Å². The zero-order chi connectivity index (χ0) is 28.4. The van der Waals surface area contributed by atoms with Gasteiger partial charge in [-0.05, 0) is 44.0 Å². The number of methoxy groups -OCH3 is 1. The van der Waals surface area contributed by atoms with Crippen molar-refractivity contribution in [3.05, 3.63) is 98.7 Å². The summed E-state index contributed by atoms with van der Waals surface area (Å²) in [4.78, 5) is 29.5. The van der Waals surface area contributed by atoms with Crippen molar-refractivity contribution in [2.24, 2.45) is 0 Å². The van der Waals surface area contributed by atoms with E-state index in [1.165, 1.54) is 23.5 Å². The molecule has 0 fully saturated rings. The Balaban J connectivity index is 1.62. The molecule has 0 radical (unpaired) electrons. The second-order valence-electron chi connectivity index (χ2n) is 10.1. The lowest BCUT2D eigenvalue weighted by Gasteiger charge is -2.40. The van der Waals surface area contributed by atoms with E-state index in [1.807, 2.05) is 55.7 Å². The molecule has 4 aromatic rings. The normalized spacial score (nSPS) is 15.8. The minimum absolute atomic E-state index is 0.0136. The van der Waals surface area contributed by atoms with E-state index in [0.717, 1.165) is 11.1 Å². The van der Waals surface area contributed by atoms with E-state index in [2.05, 4.69) is 10.2 Å². The molecule has 10 heteroatoms. The van der Waals surface area contributed by atoms with Crippen LogP contribution < -0.4 is 10.2 Å². The van der Waals surface area contributed by atoms with Gasteiger partial charge in [0, 0.05) is 32.3 Å². The van der Waals surface area contributed by atoms with Crippen molar-refractivity contribution in [2.45, 2.75) is 52.0 Å². The molecule has 5 rings (SSSR count). The lowest BCUT2D eigenvalue weighted by atomic mass is 10.0. The number of carbonyl (C=O) groups excluding carboxylic acids is 1. The fraction of sp³-hybridized carbons (Fsp3) is 0.333. The van der Waals surface area contributed by atoms with Crippen LogP contribution in [0.15, 0.2) is 65.6 Å². The zero-order valence-electron chi connectivity index (χ0n) is 22.8. The van der Waals surface area contributed by atoms with Gasteiger partial charge >= 0.3 is 0 Å². The second-order valence-corrected chi connectivity index (χ2v) is 11.2. The number of pyridine rings is 1. The van der Waals surface area contributed by atoms with Crippen LogP contribution in [0.4, 0.5) is 4.39 Å². The number of fused-ring (bicyclic) bond motifs is 1. The largest absolute Gasteiger partial charge is 0.483 e. The van der Waals surface area contributed by atoms with Crippen LogP contribution in [-0.4, -0.2) is 51.4 Å². The molecule has 0 aliphatic carbocycles. The van der Waals surface area contributed by atoms with Crippen molar-refractivity contribution in [3.63, 3.8) is 0 Å². The van der Waals surface area contributed by atoms with Crippen molar-refractivity contribution in [1.29, 1.82) is 0 Å². The maximum absolute atomic E-state index is 14.0. The highest BCUT2D eigenvalue weighted by Gasteiger charge is 2.39. The summed E-state index contributed by atoms with van der Waals surface area (Å²) in [6, 6.07) is 15.3. The number of aromatic nitrogens is 3. The minimum atomic E-state index is -0.422. The molecule has 40 heavy (non-hydrogen) atoms. The van der Waals surface area contributed by atoms with Crippen LogP contribution in [0, 0.1) is 5.82 Å². The summed E-state index contributed by atoms with van der Waals surface area (Å²) >= 11 is 1.28. The Morgan fingerprint density at radius 3 is 2.42 bits per heavy atom. The average molecular weight is 563 g/mol. The average Bonchev–Trinajstić information content (AvgIpc) is 3.42. The fourth-order valence-electron chi connectivity index (χ4n) is 4.79. The van der Waals surface area contributed by atoms with E-state index in [9.17, 15) is 14.0 Å². The molecule has 2 atom stereocenters. The van der Waals surface area contributed by atoms with E-state index in [4.69, 9.17) is 9.47 Å². The number of nitrogens with zero attached hydrogens (tertiary/aromatic N) is 4. The summed E-state index contributed by atoms with van der Waals surface area (Å²) in [5.41, 5.74) is 1.83. The molecule has 1 aliphatic rings. The van der Waals surface area contributed by atoms with Gasteiger partial charge in [0.1, 0.15) is 17.4 Å². The summed E-state index contributed by atoms with van der Waals surface area (Å²) in [5, 5.41) is 9.71. The van der Waals surface area contributed by atoms with Crippen LogP contribution in [0.25, 0.3) is 10.6 Å². The molecule has 0 unspecified atom stereocenters. The summed E-state index contributed by atoms with van der Waals surface area (Å²) in [6.45, 7) is 6.38. The number of hydrogen-bond acceptors (Lipinski definition) is 7. The van der Waals surface area contributed by atoms with Gasteiger partial charge in [-0.25, -0.2) is 4.39 Å². The van der Waals surface area contributed by atoms with Gasteiger partial charge in [-0.15, -0.1) is 10.2 Å². The zero-order valence-corrected chi connectivity index (χ0v) is 23.7. The Bertz CT molecular complexity index is 1550. The second kappa shape index (κ2) is 11.7. The number of amides is 1. The van der Waals surface area contributed by atoms with Crippen molar-refractivity contribution in [1.82, 2.24) is 19.7 Å². The van der Waals surface area contributed by atoms with Gasteiger partial charge in [0.05, 0.1) is 17.7 Å². The maximum Gasteiger partial charge on any atom is 0.274 e. The van der Waals surface area contributed by atoms with Crippen LogP contribution in [0.1, 0.15) is 53.4 Å². The molecule has 208 valence electrons. The molecule has 1 aliphatic heterocycles. The molecule has 0 N–H and O–H groups in total. The molecule has 2 aromatic carbocycles. The lowest BCUT2D eigenvalue weighted by Crippen LogP contribution is -2.50. The minimum Gasteiger partial charge on any atom is -0.483 e. The predicted octanol–water partition coefficient (Wildman–Crippen LogP) is 5.12. The van der Waals surface area contributed by atoms with Crippen LogP contribution >= 0.6 is 11.3 Å². The van der Waals surface area contributed by atoms with Gasteiger partial charge < -0.3 is 18.9 Å². The summed E-state index contributed by atoms with van der Waals surface area (Å²) in [5.74, 6) is -0.590. The molecule has 0 spiro atoms. The molecule has 3 heterocycles. The quantitative estimate of drug-likeness (QED) is 0.282. The highest BCUT2D eigenvalue weighted by molar-refractivity contribution is 7.14. The Morgan fingerprint density at radius 1 is 1.02 bits per heavy atom. The van der Waals surface area contributed by atoms with Gasteiger partial charge in [0.15, 0.2) is 16.5 Å². The summed E-state index contributed by atoms with van der Waals surface area (Å²) in [7, 11) is 1.63. The summed E-state index contributed by atoms with van der Waals surface area (Å²) in [6.07, 6.45) is 1.88. The first-order chi connectivity index (χ1) is 19.3. The fourth-order valence-corrected chi connectivity index (χ4v) is 5.67. The predicted molar refractivity (Wildman–Crippen MR) is 151 cm³/mol. The van der Waals surface area contributed by atoms with E-state index >= 15 is 0 Å². The SMILES string of the molecule is CO[C@H](C)[C@H]1CN(C(C)C)C(=O)c2c(OCc3ccccc3)c(=O)c(-c3nnc(Cc4ccc(F)cc4)s3)cn21. The molecular weight excluding hydrogens is 531 g/mol. The Kier molecular flexibility index (Phi) is 8.09. The highest BCUT2D eigenvalue weighted by Crippen LogP contribution is 2.34. The monoisotopic (exact) mass is 562 g/mol. The molecular formula is C30H31FN4O4S. The van der Waals surface area contributed by atoms with Gasteiger partial charge in [0.2, 0.25) is 5.43 Å². The van der Waals surface area contributed by atoms with Crippen molar-refractivity contribution < 1.29 is 18.7 Å². The Labute approximate surface area is 236 Å². The van der Waals surface area contributed by atoms with Crippen LogP contribution in [-0.2, 0) is 17.8 Å². The number of benzene rings is 2. The first-order valence-corrected chi connectivity index (χ1v) is 13.9. The van der Waals surface area contributed by atoms with Crippen molar-refractivity contribution in [2.75, 3.05) is 13.7 Å². The smallest absolute Gasteiger partial charge is 0.274 e. The number of ether oxygens (including phenoxy) is 2. The van der Waals surface area contributed by atoms with E-state index in [1.54, 1.807) is 30.3 Å².